The second-order valence-electron chi connectivity index (χ2n) is 2.84. The minimum atomic E-state index is -3.83. The van der Waals surface area contributed by atoms with Crippen molar-refractivity contribution in [1.82, 2.24) is 4.98 Å². The van der Waals surface area contributed by atoms with Crippen LogP contribution in [-0.4, -0.2) is 30.3 Å². The third-order valence-electron chi connectivity index (χ3n) is 1.48. The Kier molecular flexibility index (Phi) is 3.85. The van der Waals surface area contributed by atoms with Gasteiger partial charge in [0, 0.05) is 17.6 Å². The number of nitrogens with one attached hydrogen (secondary N) is 1. The highest BCUT2D eigenvalue weighted by Crippen LogP contribution is 2.15. The van der Waals surface area contributed by atoms with E-state index in [0.29, 0.717) is 13.0 Å². The van der Waals surface area contributed by atoms with Gasteiger partial charge in [-0.2, -0.15) is 8.42 Å². The Hall–Kier alpha value is -0.660. The quantitative estimate of drug-likeness (QED) is 0.592. The molecule has 14 heavy (non-hydrogen) atoms. The number of hydrogen-bond donors (Lipinski definition) is 2. The lowest BCUT2D eigenvalue weighted by molar-refractivity contribution is 0.481. The Morgan fingerprint density at radius 3 is 2.86 bits per heavy atom. The van der Waals surface area contributed by atoms with Crippen molar-refractivity contribution in [2.45, 2.75) is 13.3 Å². The minimum Gasteiger partial charge on any atom is -0.361 e. The second kappa shape index (κ2) is 4.72. The molecule has 0 fully saturated rings. The molecule has 0 saturated heterocycles. The second-order valence-corrected chi connectivity index (χ2v) is 5.65. The van der Waals surface area contributed by atoms with Crippen LogP contribution in [0.5, 0.6) is 0 Å². The molecule has 1 aromatic heterocycles. The van der Waals surface area contributed by atoms with Gasteiger partial charge in [0.1, 0.15) is 0 Å². The topological polar surface area (TPSA) is 79.3 Å². The lowest BCUT2D eigenvalue weighted by Crippen LogP contribution is -2.09. The van der Waals surface area contributed by atoms with Crippen molar-refractivity contribution >= 4 is 26.6 Å². The van der Waals surface area contributed by atoms with E-state index in [-0.39, 0.29) is 5.75 Å². The lowest BCUT2D eigenvalue weighted by atomic mass is 10.5. The first-order valence-corrected chi connectivity index (χ1v) is 6.51. The molecule has 0 unspecified atom stereocenters. The summed E-state index contributed by atoms with van der Waals surface area (Å²) in [6.45, 7) is 2.44. The monoisotopic (exact) mass is 236 g/mol. The SMILES string of the molecule is Cc1cnc(NCCCS(=O)(=O)O)s1. The molecule has 1 heterocycles. The van der Waals surface area contributed by atoms with Crippen LogP contribution in [0.4, 0.5) is 5.13 Å². The van der Waals surface area contributed by atoms with Crippen LogP contribution in [0.3, 0.4) is 0 Å². The predicted octanol–water partition coefficient (Wildman–Crippen LogP) is 1.14. The van der Waals surface area contributed by atoms with Crippen molar-refractivity contribution in [3.63, 3.8) is 0 Å². The van der Waals surface area contributed by atoms with Gasteiger partial charge in [0.2, 0.25) is 0 Å². The van der Waals surface area contributed by atoms with Crippen LogP contribution < -0.4 is 5.32 Å². The molecule has 0 aliphatic rings. The van der Waals surface area contributed by atoms with Gasteiger partial charge in [0.25, 0.3) is 10.1 Å². The summed E-state index contributed by atoms with van der Waals surface area (Å²) in [6.07, 6.45) is 2.12. The summed E-state index contributed by atoms with van der Waals surface area (Å²) in [4.78, 5) is 5.14. The van der Waals surface area contributed by atoms with E-state index in [9.17, 15) is 8.42 Å². The maximum atomic E-state index is 10.4. The Labute approximate surface area is 86.9 Å². The molecule has 0 amide bonds. The van der Waals surface area contributed by atoms with Crippen molar-refractivity contribution in [2.24, 2.45) is 0 Å². The van der Waals surface area contributed by atoms with E-state index in [2.05, 4.69) is 10.3 Å². The summed E-state index contributed by atoms with van der Waals surface area (Å²) in [5.74, 6) is -0.218. The van der Waals surface area contributed by atoms with Crippen molar-refractivity contribution in [1.29, 1.82) is 0 Å². The summed E-state index contributed by atoms with van der Waals surface area (Å²) >= 11 is 1.51. The van der Waals surface area contributed by atoms with Crippen molar-refractivity contribution in [2.75, 3.05) is 17.6 Å². The van der Waals surface area contributed by atoms with E-state index >= 15 is 0 Å². The summed E-state index contributed by atoms with van der Waals surface area (Å²) < 4.78 is 29.2. The molecule has 0 atom stereocenters. The Morgan fingerprint density at radius 2 is 2.36 bits per heavy atom. The zero-order chi connectivity index (χ0) is 10.6. The van der Waals surface area contributed by atoms with Gasteiger partial charge in [-0.25, -0.2) is 4.98 Å². The maximum absolute atomic E-state index is 10.4. The Balaban J connectivity index is 2.23. The lowest BCUT2D eigenvalue weighted by Gasteiger charge is -2.00. The van der Waals surface area contributed by atoms with Crippen LogP contribution >= 0.6 is 11.3 Å². The van der Waals surface area contributed by atoms with Crippen molar-refractivity contribution in [3.05, 3.63) is 11.1 Å². The zero-order valence-electron chi connectivity index (χ0n) is 7.73. The van der Waals surface area contributed by atoms with E-state index in [1.165, 1.54) is 11.3 Å². The molecule has 2 N–H and O–H groups in total. The van der Waals surface area contributed by atoms with E-state index in [0.717, 1.165) is 10.0 Å². The number of anilines is 1. The van der Waals surface area contributed by atoms with Crippen LogP contribution in [0.15, 0.2) is 6.20 Å². The van der Waals surface area contributed by atoms with E-state index in [1.54, 1.807) is 6.20 Å². The highest BCUT2D eigenvalue weighted by atomic mass is 32.2. The van der Waals surface area contributed by atoms with Crippen LogP contribution in [0.1, 0.15) is 11.3 Å². The zero-order valence-corrected chi connectivity index (χ0v) is 9.36. The average molecular weight is 236 g/mol. The molecule has 7 heteroatoms. The molecular formula is C7H12N2O3S2. The van der Waals surface area contributed by atoms with Crippen LogP contribution in [0.2, 0.25) is 0 Å². The van der Waals surface area contributed by atoms with Crippen molar-refractivity contribution < 1.29 is 13.0 Å². The molecule has 0 spiro atoms. The summed E-state index contributed by atoms with van der Waals surface area (Å²) in [5.41, 5.74) is 0. The largest absolute Gasteiger partial charge is 0.361 e. The number of rotatable bonds is 5. The fourth-order valence-electron chi connectivity index (χ4n) is 0.886. The molecule has 0 radical (unpaired) electrons. The number of aromatic nitrogens is 1. The maximum Gasteiger partial charge on any atom is 0.264 e. The van der Waals surface area contributed by atoms with Gasteiger partial charge in [0.15, 0.2) is 5.13 Å². The number of nitrogens with zero attached hydrogens (tertiary/aromatic N) is 1. The Morgan fingerprint density at radius 1 is 1.64 bits per heavy atom. The number of hydrogen-bond acceptors (Lipinski definition) is 5. The summed E-state index contributed by atoms with van der Waals surface area (Å²) in [7, 11) is -3.83. The number of thiazole rings is 1. The molecule has 0 saturated carbocycles. The van der Waals surface area contributed by atoms with E-state index in [4.69, 9.17) is 4.55 Å². The Bertz CT molecular complexity index is 385. The standard InChI is InChI=1S/C7H12N2O3S2/c1-6-5-9-7(13-6)8-3-2-4-14(10,11)12/h5H,2-4H2,1H3,(H,8,9)(H,10,11,12). The smallest absolute Gasteiger partial charge is 0.264 e. The van der Waals surface area contributed by atoms with Crippen LogP contribution in [0.25, 0.3) is 0 Å². The molecule has 80 valence electrons. The summed E-state index contributed by atoms with van der Waals surface area (Å²) in [5, 5.41) is 3.75. The molecule has 0 aliphatic carbocycles. The van der Waals surface area contributed by atoms with Crippen LogP contribution in [-0.2, 0) is 10.1 Å². The normalized spacial score (nSPS) is 11.6. The van der Waals surface area contributed by atoms with Gasteiger partial charge in [-0.15, -0.1) is 11.3 Å². The molecule has 0 aromatic carbocycles. The number of aryl methyl sites for hydroxylation is 1. The van der Waals surface area contributed by atoms with Gasteiger partial charge < -0.3 is 5.32 Å². The van der Waals surface area contributed by atoms with Crippen molar-refractivity contribution in [3.8, 4) is 0 Å². The van der Waals surface area contributed by atoms with Gasteiger partial charge in [-0.05, 0) is 13.3 Å². The molecule has 5 nitrogen and oxygen atoms in total. The van der Waals surface area contributed by atoms with Gasteiger partial charge >= 0.3 is 0 Å². The predicted molar refractivity (Wildman–Crippen MR) is 56.4 cm³/mol. The first kappa shape index (κ1) is 11.4. The van der Waals surface area contributed by atoms with Gasteiger partial charge in [-0.3, -0.25) is 4.55 Å². The molecule has 1 aromatic rings. The minimum absolute atomic E-state index is 0.218. The third-order valence-corrected chi connectivity index (χ3v) is 3.15. The van der Waals surface area contributed by atoms with E-state index < -0.39 is 10.1 Å². The van der Waals surface area contributed by atoms with Gasteiger partial charge in [-0.1, -0.05) is 0 Å². The average Bonchev–Trinajstić information content (AvgIpc) is 2.44. The molecular weight excluding hydrogens is 224 g/mol. The highest BCUT2D eigenvalue weighted by molar-refractivity contribution is 7.85. The fraction of sp³-hybridized carbons (Fsp3) is 0.571. The first-order chi connectivity index (χ1) is 6.47. The molecule has 0 aliphatic heterocycles. The first-order valence-electron chi connectivity index (χ1n) is 4.09. The fourth-order valence-corrected chi connectivity index (χ4v) is 2.09. The molecule has 1 rings (SSSR count). The van der Waals surface area contributed by atoms with E-state index in [1.807, 2.05) is 6.92 Å². The van der Waals surface area contributed by atoms with Crippen LogP contribution in [0, 0.1) is 6.92 Å². The summed E-state index contributed by atoms with van der Waals surface area (Å²) in [6, 6.07) is 0. The highest BCUT2D eigenvalue weighted by Gasteiger charge is 2.03. The third kappa shape index (κ3) is 4.54. The van der Waals surface area contributed by atoms with Gasteiger partial charge in [0.05, 0.1) is 5.75 Å². The molecule has 0 bridgehead atoms.